The summed E-state index contributed by atoms with van der Waals surface area (Å²) in [5, 5.41) is 7.24. The van der Waals surface area contributed by atoms with Crippen molar-refractivity contribution in [2.24, 2.45) is 0 Å². The average Bonchev–Trinajstić information content (AvgIpc) is 3.19. The molecule has 5 nitrogen and oxygen atoms in total. The van der Waals surface area contributed by atoms with Crippen LogP contribution in [0.5, 0.6) is 0 Å². The first-order valence-corrected chi connectivity index (χ1v) is 7.17. The molecule has 2 heterocycles. The zero-order valence-electron chi connectivity index (χ0n) is 12.3. The molecule has 3 rings (SSSR count). The molecule has 0 aliphatic rings. The van der Waals surface area contributed by atoms with E-state index >= 15 is 0 Å². The second kappa shape index (κ2) is 6.30. The lowest BCUT2D eigenvalue weighted by atomic mass is 10.2. The van der Waals surface area contributed by atoms with Gasteiger partial charge in [-0.1, -0.05) is 18.2 Å². The second-order valence-corrected chi connectivity index (χ2v) is 5.14. The molecule has 0 radical (unpaired) electrons. The summed E-state index contributed by atoms with van der Waals surface area (Å²) in [5.41, 5.74) is 1.32. The van der Waals surface area contributed by atoms with Crippen molar-refractivity contribution in [2.45, 2.75) is 19.4 Å². The van der Waals surface area contributed by atoms with Crippen molar-refractivity contribution in [3.05, 3.63) is 72.4 Å². The molecular formula is C17H17N3O2. The van der Waals surface area contributed by atoms with Crippen molar-refractivity contribution in [1.82, 2.24) is 15.1 Å². The van der Waals surface area contributed by atoms with Crippen LogP contribution in [0, 0.1) is 0 Å². The number of benzene rings is 1. The van der Waals surface area contributed by atoms with Gasteiger partial charge >= 0.3 is 0 Å². The van der Waals surface area contributed by atoms with Crippen molar-refractivity contribution < 1.29 is 9.21 Å². The molecule has 0 unspecified atom stereocenters. The number of aromatic nitrogens is 2. The van der Waals surface area contributed by atoms with E-state index in [9.17, 15) is 4.79 Å². The Bertz CT molecular complexity index is 732. The molecule has 3 aromatic rings. The molecule has 1 N–H and O–H groups in total. The van der Waals surface area contributed by atoms with Gasteiger partial charge in [-0.25, -0.2) is 4.68 Å². The largest absolute Gasteiger partial charge is 0.469 e. The van der Waals surface area contributed by atoms with E-state index in [2.05, 4.69) is 10.4 Å². The normalized spacial score (nSPS) is 12.0. The van der Waals surface area contributed by atoms with Crippen LogP contribution in [0.15, 0.2) is 65.4 Å². The highest BCUT2D eigenvalue weighted by atomic mass is 16.3. The highest BCUT2D eigenvalue weighted by Crippen LogP contribution is 2.08. The maximum Gasteiger partial charge on any atom is 0.272 e. The molecule has 0 saturated heterocycles. The van der Waals surface area contributed by atoms with E-state index in [0.29, 0.717) is 12.1 Å². The van der Waals surface area contributed by atoms with Crippen LogP contribution in [0.25, 0.3) is 5.69 Å². The Morgan fingerprint density at radius 2 is 2.05 bits per heavy atom. The molecule has 0 aliphatic heterocycles. The van der Waals surface area contributed by atoms with Crippen molar-refractivity contribution >= 4 is 5.91 Å². The van der Waals surface area contributed by atoms with Gasteiger partial charge in [-0.2, -0.15) is 5.10 Å². The lowest BCUT2D eigenvalue weighted by molar-refractivity contribution is 0.0934. The summed E-state index contributed by atoms with van der Waals surface area (Å²) in [6.45, 7) is 1.94. The third kappa shape index (κ3) is 3.25. The van der Waals surface area contributed by atoms with Gasteiger partial charge in [-0.05, 0) is 37.3 Å². The van der Waals surface area contributed by atoms with E-state index in [1.165, 1.54) is 0 Å². The third-order valence-electron chi connectivity index (χ3n) is 3.31. The zero-order valence-corrected chi connectivity index (χ0v) is 12.3. The summed E-state index contributed by atoms with van der Waals surface area (Å²) in [7, 11) is 0. The second-order valence-electron chi connectivity index (χ2n) is 5.14. The molecule has 0 bridgehead atoms. The van der Waals surface area contributed by atoms with Crippen molar-refractivity contribution in [2.75, 3.05) is 0 Å². The van der Waals surface area contributed by atoms with Crippen molar-refractivity contribution in [3.63, 3.8) is 0 Å². The summed E-state index contributed by atoms with van der Waals surface area (Å²) in [5.74, 6) is 0.663. The minimum atomic E-state index is -0.186. The Balaban J connectivity index is 1.64. The standard InChI is InChI=1S/C17H17N3O2/c1-13(12-15-8-5-11-22-15)18-17(21)16-9-10-20(19-16)14-6-3-2-4-7-14/h2-11,13H,12H2,1H3,(H,18,21)/t13-/m0/s1. The molecule has 22 heavy (non-hydrogen) atoms. The van der Waals surface area contributed by atoms with Crippen molar-refractivity contribution in [3.8, 4) is 5.69 Å². The van der Waals surface area contributed by atoms with E-state index in [1.807, 2.05) is 49.4 Å². The molecule has 5 heteroatoms. The number of rotatable bonds is 5. The summed E-state index contributed by atoms with van der Waals surface area (Å²) in [4.78, 5) is 12.2. The molecule has 0 aliphatic carbocycles. The van der Waals surface area contributed by atoms with Crippen LogP contribution in [0.2, 0.25) is 0 Å². The van der Waals surface area contributed by atoms with E-state index in [0.717, 1.165) is 11.4 Å². The highest BCUT2D eigenvalue weighted by molar-refractivity contribution is 5.92. The first-order valence-electron chi connectivity index (χ1n) is 7.17. The van der Waals surface area contributed by atoms with E-state index in [1.54, 1.807) is 23.2 Å². The van der Waals surface area contributed by atoms with Crippen LogP contribution in [0.4, 0.5) is 0 Å². The topological polar surface area (TPSA) is 60.1 Å². The number of furan rings is 1. The summed E-state index contributed by atoms with van der Waals surface area (Å²) in [6, 6.07) is 15.1. The number of para-hydroxylation sites is 1. The molecular weight excluding hydrogens is 278 g/mol. The van der Waals surface area contributed by atoms with Gasteiger partial charge in [0.2, 0.25) is 0 Å². The molecule has 0 saturated carbocycles. The Hall–Kier alpha value is -2.82. The number of carbonyl (C=O) groups excluding carboxylic acids is 1. The fourth-order valence-corrected chi connectivity index (χ4v) is 2.25. The predicted molar refractivity (Wildman–Crippen MR) is 82.9 cm³/mol. The molecule has 0 fully saturated rings. The summed E-state index contributed by atoms with van der Waals surface area (Å²) >= 11 is 0. The first-order chi connectivity index (χ1) is 10.7. The fraction of sp³-hybridized carbons (Fsp3) is 0.176. The van der Waals surface area contributed by atoms with Crippen LogP contribution >= 0.6 is 0 Å². The van der Waals surface area contributed by atoms with Gasteiger partial charge in [0.05, 0.1) is 12.0 Å². The zero-order chi connectivity index (χ0) is 15.4. The third-order valence-corrected chi connectivity index (χ3v) is 3.31. The number of hydrogen-bond donors (Lipinski definition) is 1. The molecule has 1 aromatic carbocycles. The maximum atomic E-state index is 12.2. The Labute approximate surface area is 128 Å². The quantitative estimate of drug-likeness (QED) is 0.787. The first kappa shape index (κ1) is 14.1. The fourth-order valence-electron chi connectivity index (χ4n) is 2.25. The number of hydrogen-bond acceptors (Lipinski definition) is 3. The van der Waals surface area contributed by atoms with Gasteiger partial charge in [0.25, 0.3) is 5.91 Å². The number of nitrogens with one attached hydrogen (secondary N) is 1. The minimum absolute atomic E-state index is 0.0273. The Morgan fingerprint density at radius 3 is 2.77 bits per heavy atom. The average molecular weight is 295 g/mol. The minimum Gasteiger partial charge on any atom is -0.469 e. The molecule has 112 valence electrons. The molecule has 1 amide bonds. The van der Waals surface area contributed by atoms with Gasteiger partial charge in [0.1, 0.15) is 5.76 Å². The molecule has 0 spiro atoms. The van der Waals surface area contributed by atoms with Crippen LogP contribution in [-0.2, 0) is 6.42 Å². The lowest BCUT2D eigenvalue weighted by Gasteiger charge is -2.11. The Kier molecular flexibility index (Phi) is 4.05. The predicted octanol–water partition coefficient (Wildman–Crippen LogP) is 2.83. The highest BCUT2D eigenvalue weighted by Gasteiger charge is 2.14. The van der Waals surface area contributed by atoms with Gasteiger partial charge in [0.15, 0.2) is 5.69 Å². The van der Waals surface area contributed by atoms with E-state index < -0.39 is 0 Å². The van der Waals surface area contributed by atoms with Crippen LogP contribution < -0.4 is 5.32 Å². The van der Waals surface area contributed by atoms with Gasteiger partial charge in [-0.3, -0.25) is 4.79 Å². The summed E-state index contributed by atoms with van der Waals surface area (Å²) in [6.07, 6.45) is 4.06. The SMILES string of the molecule is C[C@@H](Cc1ccco1)NC(=O)c1ccn(-c2ccccc2)n1. The number of amides is 1. The van der Waals surface area contributed by atoms with Crippen molar-refractivity contribution in [1.29, 1.82) is 0 Å². The molecule has 2 aromatic heterocycles. The van der Waals surface area contributed by atoms with E-state index in [4.69, 9.17) is 4.42 Å². The van der Waals surface area contributed by atoms with Crippen LogP contribution in [0.3, 0.4) is 0 Å². The maximum absolute atomic E-state index is 12.2. The van der Waals surface area contributed by atoms with Gasteiger partial charge in [0, 0.05) is 18.7 Å². The number of carbonyl (C=O) groups is 1. The lowest BCUT2D eigenvalue weighted by Crippen LogP contribution is -2.34. The van der Waals surface area contributed by atoms with E-state index in [-0.39, 0.29) is 11.9 Å². The summed E-state index contributed by atoms with van der Waals surface area (Å²) < 4.78 is 6.97. The number of nitrogens with zero attached hydrogens (tertiary/aromatic N) is 2. The van der Waals surface area contributed by atoms with Crippen LogP contribution in [0.1, 0.15) is 23.2 Å². The smallest absolute Gasteiger partial charge is 0.272 e. The monoisotopic (exact) mass is 295 g/mol. The van der Waals surface area contributed by atoms with Crippen LogP contribution in [-0.4, -0.2) is 21.7 Å². The van der Waals surface area contributed by atoms with Gasteiger partial charge < -0.3 is 9.73 Å². The van der Waals surface area contributed by atoms with Gasteiger partial charge in [-0.15, -0.1) is 0 Å². The Morgan fingerprint density at radius 1 is 1.23 bits per heavy atom. The molecule has 1 atom stereocenters.